The quantitative estimate of drug-likeness (QED) is 0.900. The molecule has 0 spiro atoms. The van der Waals surface area contributed by atoms with Crippen LogP contribution in [0.25, 0.3) is 0 Å². The number of benzene rings is 2. The highest BCUT2D eigenvalue weighted by Gasteiger charge is 2.16. The lowest BCUT2D eigenvalue weighted by Gasteiger charge is -2.17. The van der Waals surface area contributed by atoms with E-state index >= 15 is 0 Å². The molecular weight excluding hydrogens is 298 g/mol. The Labute approximate surface area is 125 Å². The first-order chi connectivity index (χ1) is 9.90. The maximum absolute atomic E-state index is 13.7. The first kappa shape index (κ1) is 15.3. The van der Waals surface area contributed by atoms with Crippen molar-refractivity contribution in [3.05, 3.63) is 64.2 Å². The predicted octanol–water partition coefficient (Wildman–Crippen LogP) is 3.89. The Morgan fingerprint density at radius 2 is 1.86 bits per heavy atom. The van der Waals surface area contributed by atoms with Gasteiger partial charge in [0.15, 0.2) is 0 Å². The van der Waals surface area contributed by atoms with Crippen molar-refractivity contribution in [3.63, 3.8) is 0 Å². The molecule has 0 aliphatic heterocycles. The van der Waals surface area contributed by atoms with Crippen LogP contribution in [-0.4, -0.2) is 5.91 Å². The molecule has 2 rings (SSSR count). The first-order valence-corrected chi connectivity index (χ1v) is 6.57. The Hall–Kier alpha value is -2.14. The zero-order valence-corrected chi connectivity index (χ0v) is 11.9. The molecule has 0 heterocycles. The van der Waals surface area contributed by atoms with Gasteiger partial charge in [0, 0.05) is 11.3 Å². The van der Waals surface area contributed by atoms with Crippen LogP contribution in [0, 0.1) is 11.6 Å². The third-order valence-corrected chi connectivity index (χ3v) is 3.38. The highest BCUT2D eigenvalue weighted by atomic mass is 35.5. The lowest BCUT2D eigenvalue weighted by Crippen LogP contribution is -2.14. The molecule has 21 heavy (non-hydrogen) atoms. The van der Waals surface area contributed by atoms with E-state index in [2.05, 4.69) is 5.32 Å². The molecule has 110 valence electrons. The number of nitrogens with one attached hydrogen (secondary N) is 1. The van der Waals surface area contributed by atoms with Gasteiger partial charge >= 0.3 is 0 Å². The number of nitrogens with two attached hydrogens (primary N) is 1. The van der Waals surface area contributed by atoms with Crippen LogP contribution in [0.4, 0.5) is 14.5 Å². The monoisotopic (exact) mass is 310 g/mol. The molecule has 2 aromatic rings. The molecule has 1 amide bonds. The summed E-state index contributed by atoms with van der Waals surface area (Å²) in [7, 11) is 0. The number of amides is 1. The van der Waals surface area contributed by atoms with Crippen LogP contribution in [0.5, 0.6) is 0 Å². The lowest BCUT2D eigenvalue weighted by atomic mass is 10.1. The minimum atomic E-state index is -0.673. The van der Waals surface area contributed by atoms with Gasteiger partial charge in [-0.05, 0) is 37.3 Å². The van der Waals surface area contributed by atoms with Crippen LogP contribution in [0.15, 0.2) is 36.4 Å². The van der Waals surface area contributed by atoms with Crippen LogP contribution < -0.4 is 11.1 Å². The number of rotatable bonds is 4. The van der Waals surface area contributed by atoms with E-state index in [1.165, 1.54) is 30.3 Å². The Balaban J connectivity index is 2.30. The van der Waals surface area contributed by atoms with E-state index in [0.717, 1.165) is 0 Å². The number of halogens is 3. The Bertz CT molecular complexity index is 671. The topological polar surface area (TPSA) is 55.1 Å². The van der Waals surface area contributed by atoms with Gasteiger partial charge in [0.1, 0.15) is 11.6 Å². The summed E-state index contributed by atoms with van der Waals surface area (Å²) in [5.74, 6) is -1.95. The van der Waals surface area contributed by atoms with Crippen LogP contribution in [0.1, 0.15) is 28.9 Å². The molecule has 0 saturated heterocycles. The van der Waals surface area contributed by atoms with Gasteiger partial charge in [0.25, 0.3) is 0 Å². The van der Waals surface area contributed by atoms with Crippen molar-refractivity contribution < 1.29 is 13.6 Å². The average Bonchev–Trinajstić information content (AvgIpc) is 2.40. The molecule has 0 radical (unpaired) electrons. The molecule has 0 aliphatic carbocycles. The normalized spacial score (nSPS) is 12.0. The SMILES string of the molecule is CC(Nc1ccc(Cl)c(C(N)=O)c1)c1c(F)cccc1F. The zero-order chi connectivity index (χ0) is 15.6. The molecule has 2 aromatic carbocycles. The summed E-state index contributed by atoms with van der Waals surface area (Å²) in [6.07, 6.45) is 0. The maximum Gasteiger partial charge on any atom is 0.250 e. The van der Waals surface area contributed by atoms with E-state index in [0.29, 0.717) is 5.69 Å². The van der Waals surface area contributed by atoms with Crippen molar-refractivity contribution in [1.29, 1.82) is 0 Å². The van der Waals surface area contributed by atoms with Crippen LogP contribution in [0.3, 0.4) is 0 Å². The molecule has 0 saturated carbocycles. The van der Waals surface area contributed by atoms with Gasteiger partial charge in [-0.25, -0.2) is 8.78 Å². The molecule has 1 atom stereocenters. The van der Waals surface area contributed by atoms with Crippen molar-refractivity contribution >= 4 is 23.2 Å². The molecule has 0 aromatic heterocycles. The van der Waals surface area contributed by atoms with E-state index in [1.54, 1.807) is 13.0 Å². The van der Waals surface area contributed by atoms with Crippen molar-refractivity contribution in [2.75, 3.05) is 5.32 Å². The third kappa shape index (κ3) is 3.31. The number of carbonyl (C=O) groups excluding carboxylic acids is 1. The van der Waals surface area contributed by atoms with E-state index in [9.17, 15) is 13.6 Å². The summed E-state index contributed by atoms with van der Waals surface area (Å²) >= 11 is 5.85. The van der Waals surface area contributed by atoms with E-state index in [4.69, 9.17) is 17.3 Å². The average molecular weight is 311 g/mol. The summed E-state index contributed by atoms with van der Waals surface area (Å²) in [4.78, 5) is 11.2. The highest BCUT2D eigenvalue weighted by Crippen LogP contribution is 2.26. The minimum absolute atomic E-state index is 0.0759. The minimum Gasteiger partial charge on any atom is -0.378 e. The van der Waals surface area contributed by atoms with Gasteiger partial charge in [-0.15, -0.1) is 0 Å². The number of carbonyl (C=O) groups is 1. The zero-order valence-electron chi connectivity index (χ0n) is 11.2. The fraction of sp³-hybridized carbons (Fsp3) is 0.133. The molecule has 1 unspecified atom stereocenters. The highest BCUT2D eigenvalue weighted by molar-refractivity contribution is 6.33. The largest absolute Gasteiger partial charge is 0.378 e. The molecule has 0 fully saturated rings. The fourth-order valence-electron chi connectivity index (χ4n) is 2.05. The summed E-state index contributed by atoms with van der Waals surface area (Å²) in [6, 6.07) is 7.58. The van der Waals surface area contributed by atoms with Crippen molar-refractivity contribution in [2.24, 2.45) is 5.73 Å². The van der Waals surface area contributed by atoms with Crippen molar-refractivity contribution in [1.82, 2.24) is 0 Å². The first-order valence-electron chi connectivity index (χ1n) is 6.20. The molecular formula is C15H13ClF2N2O. The summed E-state index contributed by atoms with van der Waals surface area (Å²) in [5.41, 5.74) is 5.76. The second kappa shape index (κ2) is 6.10. The van der Waals surface area contributed by atoms with Gasteiger partial charge in [0.2, 0.25) is 5.91 Å². The van der Waals surface area contributed by atoms with Gasteiger partial charge in [-0.3, -0.25) is 4.79 Å². The summed E-state index contributed by atoms with van der Waals surface area (Å²) in [5, 5.41) is 3.14. The summed E-state index contributed by atoms with van der Waals surface area (Å²) < 4.78 is 27.4. The van der Waals surface area contributed by atoms with Crippen LogP contribution >= 0.6 is 11.6 Å². The number of primary amides is 1. The Morgan fingerprint density at radius 3 is 2.43 bits per heavy atom. The maximum atomic E-state index is 13.7. The standard InChI is InChI=1S/C15H13ClF2N2O/c1-8(14-12(17)3-2-4-13(14)18)20-9-5-6-11(16)10(7-9)15(19)21/h2-8,20H,1H3,(H2,19,21). The second-order valence-electron chi connectivity index (χ2n) is 4.56. The van der Waals surface area contributed by atoms with Crippen molar-refractivity contribution in [3.8, 4) is 0 Å². The fourth-order valence-corrected chi connectivity index (χ4v) is 2.26. The van der Waals surface area contributed by atoms with Gasteiger partial charge < -0.3 is 11.1 Å². The summed E-state index contributed by atoms with van der Waals surface area (Å²) in [6.45, 7) is 1.61. The number of hydrogen-bond acceptors (Lipinski definition) is 2. The van der Waals surface area contributed by atoms with E-state index in [1.807, 2.05) is 0 Å². The van der Waals surface area contributed by atoms with E-state index < -0.39 is 23.6 Å². The van der Waals surface area contributed by atoms with Gasteiger partial charge in [-0.2, -0.15) is 0 Å². The number of anilines is 1. The molecule has 3 nitrogen and oxygen atoms in total. The molecule has 3 N–H and O–H groups in total. The molecule has 0 aliphatic rings. The lowest BCUT2D eigenvalue weighted by molar-refractivity contribution is 0.100. The van der Waals surface area contributed by atoms with Gasteiger partial charge in [0.05, 0.1) is 16.6 Å². The second-order valence-corrected chi connectivity index (χ2v) is 4.97. The predicted molar refractivity (Wildman–Crippen MR) is 78.4 cm³/mol. The molecule has 0 bridgehead atoms. The number of hydrogen-bond donors (Lipinski definition) is 2. The van der Waals surface area contributed by atoms with Crippen LogP contribution in [0.2, 0.25) is 5.02 Å². The third-order valence-electron chi connectivity index (χ3n) is 3.05. The Kier molecular flexibility index (Phi) is 4.43. The molecule has 6 heteroatoms. The van der Waals surface area contributed by atoms with Gasteiger partial charge in [-0.1, -0.05) is 17.7 Å². The van der Waals surface area contributed by atoms with Crippen LogP contribution in [-0.2, 0) is 0 Å². The Morgan fingerprint density at radius 1 is 1.24 bits per heavy atom. The van der Waals surface area contributed by atoms with Crippen molar-refractivity contribution in [2.45, 2.75) is 13.0 Å². The smallest absolute Gasteiger partial charge is 0.250 e. The van der Waals surface area contributed by atoms with E-state index in [-0.39, 0.29) is 16.1 Å².